The van der Waals surface area contributed by atoms with E-state index in [4.69, 9.17) is 10.5 Å². The van der Waals surface area contributed by atoms with Crippen LogP contribution in [0.5, 0.6) is 0 Å². The monoisotopic (exact) mass is 502 g/mol. The van der Waals surface area contributed by atoms with Gasteiger partial charge in [-0.2, -0.15) is 0 Å². The van der Waals surface area contributed by atoms with Crippen LogP contribution in [0.25, 0.3) is 0 Å². The number of nitrogens with two attached hydrogens (primary N) is 1. The molecule has 1 aliphatic rings. The molecule has 1 aromatic rings. The summed E-state index contributed by atoms with van der Waals surface area (Å²) in [4.78, 5) is 53.5. The van der Waals surface area contributed by atoms with E-state index in [1.165, 1.54) is 0 Å². The summed E-state index contributed by atoms with van der Waals surface area (Å²) in [7, 11) is 0. The zero-order valence-corrected chi connectivity index (χ0v) is 22.3. The van der Waals surface area contributed by atoms with Gasteiger partial charge < -0.3 is 26.0 Å². The molecule has 1 saturated carbocycles. The summed E-state index contributed by atoms with van der Waals surface area (Å²) in [5.74, 6) is -1.55. The molecule has 4 N–H and O–H groups in total. The zero-order valence-electron chi connectivity index (χ0n) is 22.3. The number of primary amides is 1. The van der Waals surface area contributed by atoms with Gasteiger partial charge in [0.1, 0.15) is 17.7 Å². The van der Waals surface area contributed by atoms with Crippen molar-refractivity contribution in [1.82, 2.24) is 15.5 Å². The van der Waals surface area contributed by atoms with Gasteiger partial charge in [-0.25, -0.2) is 4.79 Å². The fourth-order valence-corrected chi connectivity index (χ4v) is 4.21. The van der Waals surface area contributed by atoms with Gasteiger partial charge in [0, 0.05) is 12.6 Å². The fourth-order valence-electron chi connectivity index (χ4n) is 4.21. The molecular weight excluding hydrogens is 460 g/mol. The van der Waals surface area contributed by atoms with Crippen molar-refractivity contribution >= 4 is 23.8 Å². The van der Waals surface area contributed by atoms with Crippen molar-refractivity contribution in [3.8, 4) is 0 Å². The van der Waals surface area contributed by atoms with Gasteiger partial charge in [0.15, 0.2) is 0 Å². The van der Waals surface area contributed by atoms with Crippen LogP contribution in [0.4, 0.5) is 4.79 Å². The maximum atomic E-state index is 14.0. The quantitative estimate of drug-likeness (QED) is 0.377. The van der Waals surface area contributed by atoms with Crippen molar-refractivity contribution in [3.63, 3.8) is 0 Å². The van der Waals surface area contributed by atoms with E-state index < -0.39 is 42.0 Å². The van der Waals surface area contributed by atoms with Crippen LogP contribution in [-0.2, 0) is 19.1 Å². The van der Waals surface area contributed by atoms with Gasteiger partial charge >= 0.3 is 6.09 Å². The van der Waals surface area contributed by atoms with Gasteiger partial charge in [0.05, 0.1) is 6.42 Å². The maximum Gasteiger partial charge on any atom is 0.408 e. The minimum atomic E-state index is -1.25. The van der Waals surface area contributed by atoms with Crippen LogP contribution in [0.2, 0.25) is 0 Å². The highest BCUT2D eigenvalue weighted by molar-refractivity contribution is 5.95. The van der Waals surface area contributed by atoms with E-state index in [9.17, 15) is 19.2 Å². The van der Waals surface area contributed by atoms with Crippen molar-refractivity contribution in [2.75, 3.05) is 6.54 Å². The van der Waals surface area contributed by atoms with E-state index in [1.54, 1.807) is 25.7 Å². The average molecular weight is 503 g/mol. The second-order valence-corrected chi connectivity index (χ2v) is 10.5. The van der Waals surface area contributed by atoms with Gasteiger partial charge in [-0.3, -0.25) is 14.4 Å². The predicted octanol–water partition coefficient (Wildman–Crippen LogP) is 3.49. The molecule has 9 heteroatoms. The molecule has 0 aromatic heterocycles. The smallest absolute Gasteiger partial charge is 0.408 e. The summed E-state index contributed by atoms with van der Waals surface area (Å²) < 4.78 is 5.32. The number of hydrogen-bond donors (Lipinski definition) is 3. The second-order valence-electron chi connectivity index (χ2n) is 10.5. The van der Waals surface area contributed by atoms with Crippen LogP contribution in [-0.4, -0.2) is 52.9 Å². The van der Waals surface area contributed by atoms with Gasteiger partial charge in [-0.15, -0.1) is 0 Å². The lowest BCUT2D eigenvalue weighted by molar-refractivity contribution is -0.148. The van der Waals surface area contributed by atoms with Crippen molar-refractivity contribution in [2.45, 2.75) is 103 Å². The van der Waals surface area contributed by atoms with Crippen LogP contribution in [0.1, 0.15) is 89.8 Å². The SMILES string of the molecule is CCCCCNC(=O)C(c1ccccc1C)N(C(=O)C(CC(N)=O)NC(=O)OC(C)(C)C)C1CCC1. The first kappa shape index (κ1) is 29.1. The molecular formula is C27H42N4O5. The van der Waals surface area contributed by atoms with Crippen LogP contribution in [0.15, 0.2) is 24.3 Å². The van der Waals surface area contributed by atoms with E-state index in [0.717, 1.165) is 44.1 Å². The molecule has 4 amide bonds. The minimum Gasteiger partial charge on any atom is -0.444 e. The normalized spacial score (nSPS) is 15.2. The topological polar surface area (TPSA) is 131 Å². The van der Waals surface area contributed by atoms with Crippen molar-refractivity contribution in [3.05, 3.63) is 35.4 Å². The first-order chi connectivity index (χ1) is 16.9. The molecule has 1 aromatic carbocycles. The summed E-state index contributed by atoms with van der Waals surface area (Å²) >= 11 is 0. The fraction of sp³-hybridized carbons (Fsp3) is 0.630. The lowest BCUT2D eigenvalue weighted by atomic mass is 9.87. The molecule has 1 aliphatic carbocycles. The third-order valence-corrected chi connectivity index (χ3v) is 6.21. The van der Waals surface area contributed by atoms with E-state index >= 15 is 0 Å². The summed E-state index contributed by atoms with van der Waals surface area (Å²) in [6, 6.07) is 5.11. The standard InChI is InChI=1S/C27H42N4O5/c1-6-7-10-16-29-24(33)23(20-15-9-8-12-18(20)2)31(19-13-11-14-19)25(34)21(17-22(28)32)30-26(35)36-27(3,4)5/h8-9,12,15,19,21,23H,6-7,10-11,13-14,16-17H2,1-5H3,(H2,28,32)(H,29,33)(H,30,35). The van der Waals surface area contributed by atoms with E-state index in [2.05, 4.69) is 17.6 Å². The van der Waals surface area contributed by atoms with E-state index in [1.807, 2.05) is 31.2 Å². The number of benzene rings is 1. The molecule has 0 bridgehead atoms. The summed E-state index contributed by atoms with van der Waals surface area (Å²) in [6.45, 7) is 9.60. The number of aryl methyl sites for hydroxylation is 1. The van der Waals surface area contributed by atoms with Crippen LogP contribution in [0.3, 0.4) is 0 Å². The number of carbonyl (C=O) groups excluding carboxylic acids is 4. The first-order valence-corrected chi connectivity index (χ1v) is 12.9. The van der Waals surface area contributed by atoms with Crippen LogP contribution < -0.4 is 16.4 Å². The molecule has 1 fully saturated rings. The van der Waals surface area contributed by atoms with Crippen LogP contribution in [0, 0.1) is 6.92 Å². The van der Waals surface area contributed by atoms with Crippen molar-refractivity contribution in [2.24, 2.45) is 5.73 Å². The highest BCUT2D eigenvalue weighted by atomic mass is 16.6. The number of ether oxygens (including phenoxy) is 1. The number of amides is 4. The summed E-state index contributed by atoms with van der Waals surface area (Å²) in [6.07, 6.45) is 4.00. The number of carbonyl (C=O) groups is 4. The molecule has 0 heterocycles. The number of unbranched alkanes of at least 4 members (excludes halogenated alkanes) is 2. The number of nitrogens with zero attached hydrogens (tertiary/aromatic N) is 1. The molecule has 2 rings (SSSR count). The van der Waals surface area contributed by atoms with Crippen molar-refractivity contribution in [1.29, 1.82) is 0 Å². The zero-order chi connectivity index (χ0) is 26.9. The highest BCUT2D eigenvalue weighted by Gasteiger charge is 2.42. The Morgan fingerprint density at radius 1 is 1.14 bits per heavy atom. The molecule has 0 radical (unpaired) electrons. The maximum absolute atomic E-state index is 14.0. The van der Waals surface area contributed by atoms with E-state index in [0.29, 0.717) is 12.1 Å². The minimum absolute atomic E-state index is 0.195. The third-order valence-electron chi connectivity index (χ3n) is 6.21. The van der Waals surface area contributed by atoms with Gasteiger partial charge in [0.2, 0.25) is 17.7 Å². The molecule has 0 saturated heterocycles. The Hall–Kier alpha value is -3.10. The second kappa shape index (κ2) is 13.3. The summed E-state index contributed by atoms with van der Waals surface area (Å²) in [5, 5.41) is 5.52. The molecule has 2 unspecified atom stereocenters. The Bertz CT molecular complexity index is 923. The Kier molecular flexibility index (Phi) is 10.7. The Balaban J connectivity index is 2.44. The largest absolute Gasteiger partial charge is 0.444 e. The molecule has 200 valence electrons. The summed E-state index contributed by atoms with van der Waals surface area (Å²) in [5.41, 5.74) is 6.23. The molecule has 2 atom stereocenters. The lowest BCUT2D eigenvalue weighted by Gasteiger charge is -2.43. The average Bonchev–Trinajstić information content (AvgIpc) is 2.73. The third kappa shape index (κ3) is 8.53. The van der Waals surface area contributed by atoms with Crippen molar-refractivity contribution < 1.29 is 23.9 Å². The van der Waals surface area contributed by atoms with E-state index in [-0.39, 0.29) is 11.9 Å². The van der Waals surface area contributed by atoms with Gasteiger partial charge in [0.25, 0.3) is 0 Å². The highest BCUT2D eigenvalue weighted by Crippen LogP contribution is 2.35. The number of rotatable bonds is 12. The molecule has 9 nitrogen and oxygen atoms in total. The van der Waals surface area contributed by atoms with Gasteiger partial charge in [-0.1, -0.05) is 44.0 Å². The Morgan fingerprint density at radius 2 is 1.81 bits per heavy atom. The van der Waals surface area contributed by atoms with Gasteiger partial charge in [-0.05, 0) is 64.5 Å². The molecule has 0 aliphatic heterocycles. The predicted molar refractivity (Wildman–Crippen MR) is 138 cm³/mol. The number of nitrogens with one attached hydrogen (secondary N) is 2. The first-order valence-electron chi connectivity index (χ1n) is 12.9. The Labute approximate surface area is 214 Å². The lowest BCUT2D eigenvalue weighted by Crippen LogP contribution is -2.58. The number of alkyl carbamates (subject to hydrolysis) is 1. The number of hydrogen-bond acceptors (Lipinski definition) is 5. The molecule has 36 heavy (non-hydrogen) atoms. The van der Waals surface area contributed by atoms with Crippen LogP contribution >= 0.6 is 0 Å². The Morgan fingerprint density at radius 3 is 2.33 bits per heavy atom. The molecule has 0 spiro atoms.